The molecule has 172 valence electrons. The molecule has 1 fully saturated rings. The third-order valence-electron chi connectivity index (χ3n) is 6.15. The predicted octanol–water partition coefficient (Wildman–Crippen LogP) is 4.26. The van der Waals surface area contributed by atoms with E-state index in [1.54, 1.807) is 6.92 Å². The summed E-state index contributed by atoms with van der Waals surface area (Å²) in [5, 5.41) is 10.5. The van der Waals surface area contributed by atoms with Crippen LogP contribution in [0.4, 0.5) is 0 Å². The smallest absolute Gasteiger partial charge is 0.238 e. The quantitative estimate of drug-likeness (QED) is 0.329. The SMILES string of the molecule is COc1[nH]c(C/C=C(\C)C/C=C/C(C)=C/[C@@H](C)[C@@H](O)[C@]2(C)O[C@H]2C)c(C)c(=O)c1OC. The number of ether oxygens (including phenoxy) is 3. The molecule has 1 aromatic rings. The number of pyridine rings is 1. The fraction of sp³-hybridized carbons (Fsp3) is 0.560. The number of H-pyrrole nitrogens is 1. The molecule has 2 N–H and O–H groups in total. The Morgan fingerprint density at radius 1 is 1.32 bits per heavy atom. The largest absolute Gasteiger partial charge is 0.488 e. The van der Waals surface area contributed by atoms with Crippen molar-refractivity contribution in [2.24, 2.45) is 5.92 Å². The zero-order chi connectivity index (χ0) is 23.3. The van der Waals surface area contributed by atoms with Crippen molar-refractivity contribution in [1.82, 2.24) is 4.98 Å². The van der Waals surface area contributed by atoms with Gasteiger partial charge in [0.05, 0.1) is 26.4 Å². The number of aromatic amines is 1. The van der Waals surface area contributed by atoms with Gasteiger partial charge >= 0.3 is 0 Å². The number of allylic oxidation sites excluding steroid dienone is 5. The Kier molecular flexibility index (Phi) is 8.32. The number of epoxide rings is 1. The van der Waals surface area contributed by atoms with Crippen LogP contribution in [-0.2, 0) is 11.2 Å². The second kappa shape index (κ2) is 10.3. The van der Waals surface area contributed by atoms with Crippen molar-refractivity contribution in [2.75, 3.05) is 14.2 Å². The van der Waals surface area contributed by atoms with E-state index >= 15 is 0 Å². The second-order valence-corrected chi connectivity index (χ2v) is 8.64. The minimum absolute atomic E-state index is 0.0149. The molecule has 0 amide bonds. The summed E-state index contributed by atoms with van der Waals surface area (Å²) in [5.41, 5.74) is 3.16. The summed E-state index contributed by atoms with van der Waals surface area (Å²) in [4.78, 5) is 15.6. The van der Waals surface area contributed by atoms with Crippen LogP contribution in [0.5, 0.6) is 11.6 Å². The summed E-state index contributed by atoms with van der Waals surface area (Å²) in [6.45, 7) is 11.8. The lowest BCUT2D eigenvalue weighted by Gasteiger charge is -2.20. The van der Waals surface area contributed by atoms with Gasteiger partial charge in [-0.3, -0.25) is 4.79 Å². The maximum Gasteiger partial charge on any atom is 0.238 e. The van der Waals surface area contributed by atoms with Crippen LogP contribution < -0.4 is 14.9 Å². The molecule has 0 bridgehead atoms. The summed E-state index contributed by atoms with van der Waals surface area (Å²) in [5.74, 6) is 0.558. The molecule has 1 aliphatic rings. The van der Waals surface area contributed by atoms with Gasteiger partial charge in [-0.25, -0.2) is 0 Å². The van der Waals surface area contributed by atoms with E-state index in [0.29, 0.717) is 17.9 Å². The molecular weight excluding hydrogens is 394 g/mol. The number of aliphatic hydroxyl groups is 1. The third-order valence-corrected chi connectivity index (χ3v) is 6.15. The Labute approximate surface area is 185 Å². The molecule has 0 aliphatic carbocycles. The zero-order valence-corrected chi connectivity index (χ0v) is 20.0. The van der Waals surface area contributed by atoms with Crippen molar-refractivity contribution in [3.05, 3.63) is 56.9 Å². The standard InChI is InChI=1S/C25H37NO5/c1-15(12-13-20-18(4)21(27)22(29-7)24(26-20)30-8)10-9-11-16(2)14-17(3)23(28)25(6)19(5)31-25/h9,11-12,14,17,19,23,28H,10,13H2,1-8H3,(H,26,27)/b11-9+,15-12+,16-14+/t17-,19+,23-,25-/m1/s1. The first-order chi connectivity index (χ1) is 14.5. The highest BCUT2D eigenvalue weighted by molar-refractivity contribution is 5.40. The summed E-state index contributed by atoms with van der Waals surface area (Å²) < 4.78 is 15.9. The molecule has 6 nitrogen and oxygen atoms in total. The first kappa shape index (κ1) is 25.0. The minimum Gasteiger partial charge on any atom is -0.488 e. The van der Waals surface area contributed by atoms with Crippen LogP contribution >= 0.6 is 0 Å². The highest BCUT2D eigenvalue weighted by Gasteiger charge is 2.55. The van der Waals surface area contributed by atoms with E-state index in [1.807, 2.05) is 27.7 Å². The number of aliphatic hydroxyl groups excluding tert-OH is 1. The van der Waals surface area contributed by atoms with Crippen LogP contribution in [0.15, 0.2) is 40.2 Å². The van der Waals surface area contributed by atoms with E-state index < -0.39 is 11.7 Å². The Morgan fingerprint density at radius 3 is 2.52 bits per heavy atom. The average molecular weight is 432 g/mol. The van der Waals surface area contributed by atoms with Crippen LogP contribution in [0.25, 0.3) is 0 Å². The molecule has 1 aliphatic heterocycles. The Bertz CT molecular complexity index is 927. The van der Waals surface area contributed by atoms with Crippen molar-refractivity contribution in [2.45, 2.75) is 72.2 Å². The zero-order valence-electron chi connectivity index (χ0n) is 20.0. The first-order valence-corrected chi connectivity index (χ1v) is 10.7. The minimum atomic E-state index is -0.514. The van der Waals surface area contributed by atoms with Crippen molar-refractivity contribution in [1.29, 1.82) is 0 Å². The lowest BCUT2D eigenvalue weighted by Crippen LogP contribution is -2.33. The number of methoxy groups -OCH3 is 2. The molecule has 0 saturated carbocycles. The Morgan fingerprint density at radius 2 is 1.97 bits per heavy atom. The van der Waals surface area contributed by atoms with E-state index in [1.165, 1.54) is 19.8 Å². The van der Waals surface area contributed by atoms with Crippen LogP contribution in [0.2, 0.25) is 0 Å². The summed E-state index contributed by atoms with van der Waals surface area (Å²) in [6.07, 6.45) is 9.37. The second-order valence-electron chi connectivity index (χ2n) is 8.64. The third kappa shape index (κ3) is 5.89. The van der Waals surface area contributed by atoms with Gasteiger partial charge in [-0.15, -0.1) is 0 Å². The van der Waals surface area contributed by atoms with Crippen LogP contribution in [0.1, 0.15) is 52.3 Å². The average Bonchev–Trinajstić information content (AvgIpc) is 3.35. The number of hydrogen-bond donors (Lipinski definition) is 2. The van der Waals surface area contributed by atoms with Gasteiger partial charge < -0.3 is 24.3 Å². The molecule has 0 unspecified atom stereocenters. The molecule has 0 radical (unpaired) electrons. The number of rotatable bonds is 10. The molecule has 4 atom stereocenters. The summed E-state index contributed by atoms with van der Waals surface area (Å²) >= 11 is 0. The van der Waals surface area contributed by atoms with E-state index in [-0.39, 0.29) is 23.2 Å². The fourth-order valence-corrected chi connectivity index (χ4v) is 3.76. The summed E-state index contributed by atoms with van der Waals surface area (Å²) in [6, 6.07) is 0. The van der Waals surface area contributed by atoms with Gasteiger partial charge in [-0.1, -0.05) is 42.4 Å². The van der Waals surface area contributed by atoms with E-state index in [9.17, 15) is 9.90 Å². The molecule has 2 rings (SSSR count). The van der Waals surface area contributed by atoms with Gasteiger partial charge in [0.15, 0.2) is 0 Å². The molecule has 0 aromatic carbocycles. The number of nitrogens with one attached hydrogen (secondary N) is 1. The molecule has 6 heteroatoms. The fourth-order valence-electron chi connectivity index (χ4n) is 3.76. The normalized spacial score (nSPS) is 23.7. The maximum absolute atomic E-state index is 12.4. The number of hydrogen-bond acceptors (Lipinski definition) is 5. The molecule has 2 heterocycles. The van der Waals surface area contributed by atoms with Crippen molar-refractivity contribution in [3.8, 4) is 11.6 Å². The van der Waals surface area contributed by atoms with Crippen LogP contribution in [-0.4, -0.2) is 42.1 Å². The first-order valence-electron chi connectivity index (χ1n) is 10.7. The molecule has 31 heavy (non-hydrogen) atoms. The lowest BCUT2D eigenvalue weighted by molar-refractivity contribution is 0.0564. The van der Waals surface area contributed by atoms with Crippen molar-refractivity contribution < 1.29 is 19.3 Å². The molecule has 1 aromatic heterocycles. The van der Waals surface area contributed by atoms with Crippen molar-refractivity contribution in [3.63, 3.8) is 0 Å². The Balaban J connectivity index is 1.98. The molecular formula is C25H37NO5. The van der Waals surface area contributed by atoms with Gasteiger partial charge in [0.2, 0.25) is 17.1 Å². The van der Waals surface area contributed by atoms with Crippen LogP contribution in [0, 0.1) is 12.8 Å². The van der Waals surface area contributed by atoms with Gasteiger partial charge in [-0.05, 0) is 41.0 Å². The molecule has 1 saturated heterocycles. The van der Waals surface area contributed by atoms with Crippen molar-refractivity contribution >= 4 is 0 Å². The van der Waals surface area contributed by atoms with Gasteiger partial charge in [0.1, 0.15) is 5.60 Å². The van der Waals surface area contributed by atoms with E-state index in [0.717, 1.165) is 17.7 Å². The van der Waals surface area contributed by atoms with Crippen LogP contribution in [0.3, 0.4) is 0 Å². The topological polar surface area (TPSA) is 84.1 Å². The monoisotopic (exact) mass is 431 g/mol. The maximum atomic E-state index is 12.4. The van der Waals surface area contributed by atoms with E-state index in [2.05, 4.69) is 36.2 Å². The predicted molar refractivity (Wildman–Crippen MR) is 124 cm³/mol. The summed E-state index contributed by atoms with van der Waals surface area (Å²) in [7, 11) is 2.97. The highest BCUT2D eigenvalue weighted by atomic mass is 16.6. The van der Waals surface area contributed by atoms with Gasteiger partial charge in [0, 0.05) is 23.6 Å². The van der Waals surface area contributed by atoms with E-state index in [4.69, 9.17) is 14.2 Å². The number of aromatic nitrogens is 1. The van der Waals surface area contributed by atoms with Gasteiger partial charge in [0.25, 0.3) is 0 Å². The lowest BCUT2D eigenvalue weighted by atomic mass is 9.90. The van der Waals surface area contributed by atoms with Gasteiger partial charge in [-0.2, -0.15) is 0 Å². The molecule has 0 spiro atoms. The highest BCUT2D eigenvalue weighted by Crippen LogP contribution is 2.41. The Hall–Kier alpha value is -2.31.